The topological polar surface area (TPSA) is 72.2 Å². The fraction of sp³-hybridized carbons (Fsp3) is 0.167. The second-order valence-electron chi connectivity index (χ2n) is 5.70. The summed E-state index contributed by atoms with van der Waals surface area (Å²) in [6, 6.07) is 14.0. The van der Waals surface area contributed by atoms with Crippen molar-refractivity contribution in [3.05, 3.63) is 74.1 Å². The molecule has 0 fully saturated rings. The summed E-state index contributed by atoms with van der Waals surface area (Å²) in [6.07, 6.45) is 0. The molecule has 2 aromatic carbocycles. The van der Waals surface area contributed by atoms with Crippen LogP contribution in [0.3, 0.4) is 0 Å². The maximum Gasteiger partial charge on any atom is 0.269 e. The number of halogens is 1. The molecule has 1 heterocycles. The summed E-state index contributed by atoms with van der Waals surface area (Å²) in [5, 5.41) is 14.9. The average molecular weight is 375 g/mol. The quantitative estimate of drug-likeness (QED) is 0.504. The van der Waals surface area contributed by atoms with Gasteiger partial charge in [0.25, 0.3) is 11.6 Å². The highest BCUT2D eigenvalue weighted by atomic mass is 35.5. The van der Waals surface area contributed by atoms with E-state index in [1.54, 1.807) is 12.1 Å². The maximum absolute atomic E-state index is 12.4. The molecule has 7 heteroatoms. The Morgan fingerprint density at radius 3 is 2.56 bits per heavy atom. The molecule has 0 saturated carbocycles. The van der Waals surface area contributed by atoms with Crippen molar-refractivity contribution < 1.29 is 9.72 Å². The zero-order valence-corrected chi connectivity index (χ0v) is 14.9. The van der Waals surface area contributed by atoms with Crippen LogP contribution in [0.25, 0.3) is 10.1 Å². The van der Waals surface area contributed by atoms with Gasteiger partial charge in [0.15, 0.2) is 0 Å². The number of nitrogens with one attached hydrogen (secondary N) is 1. The summed E-state index contributed by atoms with van der Waals surface area (Å²) >= 11 is 7.68. The van der Waals surface area contributed by atoms with E-state index in [-0.39, 0.29) is 17.5 Å². The Bertz CT molecular complexity index is 937. The maximum atomic E-state index is 12.4. The summed E-state index contributed by atoms with van der Waals surface area (Å²) in [6.45, 7) is 2.37. The Morgan fingerprint density at radius 1 is 1.24 bits per heavy atom. The lowest BCUT2D eigenvalue weighted by molar-refractivity contribution is -0.384. The molecule has 25 heavy (non-hydrogen) atoms. The molecule has 3 aromatic rings. The van der Waals surface area contributed by atoms with Crippen molar-refractivity contribution in [2.24, 2.45) is 0 Å². The molecule has 0 bridgehead atoms. The molecule has 3 rings (SSSR count). The monoisotopic (exact) mass is 374 g/mol. The molecule has 0 unspecified atom stereocenters. The number of nitro groups is 1. The fourth-order valence-electron chi connectivity index (χ4n) is 2.53. The van der Waals surface area contributed by atoms with Gasteiger partial charge < -0.3 is 5.32 Å². The van der Waals surface area contributed by atoms with E-state index in [2.05, 4.69) is 5.32 Å². The van der Waals surface area contributed by atoms with Crippen molar-refractivity contribution in [3.63, 3.8) is 0 Å². The molecule has 0 aliphatic heterocycles. The predicted octanol–water partition coefficient (Wildman–Crippen LogP) is 5.00. The Hall–Kier alpha value is -2.44. The second kappa shape index (κ2) is 7.21. The number of thiophene rings is 1. The van der Waals surface area contributed by atoms with Gasteiger partial charge in [-0.05, 0) is 17.5 Å². The summed E-state index contributed by atoms with van der Waals surface area (Å²) in [5.41, 5.74) is 0.977. The summed E-state index contributed by atoms with van der Waals surface area (Å²) in [5.74, 6) is -0.183. The molecule has 128 valence electrons. The van der Waals surface area contributed by atoms with Gasteiger partial charge in [0.2, 0.25) is 0 Å². The first-order chi connectivity index (χ1) is 12.0. The van der Waals surface area contributed by atoms with E-state index < -0.39 is 4.92 Å². The predicted molar refractivity (Wildman–Crippen MR) is 101 cm³/mol. The van der Waals surface area contributed by atoms with E-state index in [4.69, 9.17) is 11.6 Å². The molecule has 0 aliphatic rings. The van der Waals surface area contributed by atoms with Crippen LogP contribution in [0.5, 0.6) is 0 Å². The third kappa shape index (κ3) is 3.65. The van der Waals surface area contributed by atoms with Crippen LogP contribution in [0.2, 0.25) is 5.02 Å². The van der Waals surface area contributed by atoms with Gasteiger partial charge in [-0.1, -0.05) is 48.9 Å². The first-order valence-corrected chi connectivity index (χ1v) is 8.86. The van der Waals surface area contributed by atoms with Gasteiger partial charge in [-0.25, -0.2) is 0 Å². The van der Waals surface area contributed by atoms with Crippen LogP contribution in [0, 0.1) is 10.1 Å². The molecule has 5 nitrogen and oxygen atoms in total. The van der Waals surface area contributed by atoms with Crippen LogP contribution in [0.1, 0.15) is 28.1 Å². The summed E-state index contributed by atoms with van der Waals surface area (Å²) in [7, 11) is 0. The Kier molecular flexibility index (Phi) is 5.01. The smallest absolute Gasteiger partial charge is 0.269 e. The molecular formula is C18H15ClN2O3S. The van der Waals surface area contributed by atoms with Crippen molar-refractivity contribution in [2.75, 3.05) is 6.54 Å². The molecule has 1 amide bonds. The number of hydrogen-bond donors (Lipinski definition) is 1. The van der Waals surface area contributed by atoms with E-state index in [9.17, 15) is 14.9 Å². The lowest BCUT2D eigenvalue weighted by Gasteiger charge is -2.12. The summed E-state index contributed by atoms with van der Waals surface area (Å²) in [4.78, 5) is 23.2. The molecular weight excluding hydrogens is 360 g/mol. The average Bonchev–Trinajstić information content (AvgIpc) is 2.96. The van der Waals surface area contributed by atoms with Crippen molar-refractivity contribution in [1.29, 1.82) is 0 Å². The van der Waals surface area contributed by atoms with Crippen molar-refractivity contribution in [1.82, 2.24) is 5.32 Å². The minimum Gasteiger partial charge on any atom is -0.351 e. The van der Waals surface area contributed by atoms with E-state index in [0.29, 0.717) is 16.4 Å². The van der Waals surface area contributed by atoms with Crippen LogP contribution in [0.15, 0.2) is 48.5 Å². The number of non-ortho nitro benzene ring substituents is 1. The zero-order chi connectivity index (χ0) is 18.0. The van der Waals surface area contributed by atoms with Gasteiger partial charge in [-0.2, -0.15) is 0 Å². The van der Waals surface area contributed by atoms with Crippen molar-refractivity contribution in [3.8, 4) is 0 Å². The SMILES string of the molecule is C[C@@H](CNC(=O)c1sc2ccccc2c1Cl)c1ccc([N+](=O)[O-])cc1. The second-order valence-corrected chi connectivity index (χ2v) is 7.13. The number of carbonyl (C=O) groups is 1. The number of nitro benzene ring substituents is 1. The van der Waals surface area contributed by atoms with Crippen LogP contribution >= 0.6 is 22.9 Å². The molecule has 0 radical (unpaired) electrons. The van der Waals surface area contributed by atoms with Crippen LogP contribution in [-0.4, -0.2) is 17.4 Å². The highest BCUT2D eigenvalue weighted by Gasteiger charge is 2.18. The highest BCUT2D eigenvalue weighted by Crippen LogP contribution is 2.35. The number of rotatable bonds is 5. The number of amides is 1. The van der Waals surface area contributed by atoms with E-state index >= 15 is 0 Å². The third-order valence-corrected chi connectivity index (χ3v) is 5.66. The zero-order valence-electron chi connectivity index (χ0n) is 13.4. The van der Waals surface area contributed by atoms with Gasteiger partial charge >= 0.3 is 0 Å². The molecule has 1 N–H and O–H groups in total. The number of nitrogens with zero attached hydrogens (tertiary/aromatic N) is 1. The van der Waals surface area contributed by atoms with Gasteiger partial charge in [0, 0.05) is 28.8 Å². The van der Waals surface area contributed by atoms with E-state index in [1.165, 1.54) is 23.5 Å². The number of carbonyl (C=O) groups excluding carboxylic acids is 1. The van der Waals surface area contributed by atoms with Crippen LogP contribution in [-0.2, 0) is 0 Å². The van der Waals surface area contributed by atoms with E-state index in [0.717, 1.165) is 15.6 Å². The lowest BCUT2D eigenvalue weighted by atomic mass is 10.0. The Balaban J connectivity index is 1.68. The fourth-order valence-corrected chi connectivity index (χ4v) is 3.96. The first-order valence-electron chi connectivity index (χ1n) is 7.67. The van der Waals surface area contributed by atoms with Gasteiger partial charge in [-0.15, -0.1) is 11.3 Å². The molecule has 0 spiro atoms. The van der Waals surface area contributed by atoms with Crippen molar-refractivity contribution in [2.45, 2.75) is 12.8 Å². The van der Waals surface area contributed by atoms with Crippen molar-refractivity contribution >= 4 is 44.6 Å². The number of fused-ring (bicyclic) bond motifs is 1. The number of hydrogen-bond acceptors (Lipinski definition) is 4. The summed E-state index contributed by atoms with van der Waals surface area (Å²) < 4.78 is 0.973. The Labute approximate surface area is 153 Å². The standard InChI is InChI=1S/C18H15ClN2O3S/c1-11(12-6-8-13(9-7-12)21(23)24)10-20-18(22)17-16(19)14-4-2-3-5-15(14)25-17/h2-9,11H,10H2,1H3,(H,20,22)/t11-/m0/s1. The third-order valence-electron chi connectivity index (χ3n) is 3.98. The first kappa shape index (κ1) is 17.4. The van der Waals surface area contributed by atoms with Gasteiger partial charge in [-0.3, -0.25) is 14.9 Å². The van der Waals surface area contributed by atoms with Crippen LogP contribution < -0.4 is 5.32 Å². The lowest BCUT2D eigenvalue weighted by Crippen LogP contribution is -2.27. The molecule has 1 atom stereocenters. The number of benzene rings is 2. The minimum absolute atomic E-state index is 0.0258. The molecule has 0 aliphatic carbocycles. The largest absolute Gasteiger partial charge is 0.351 e. The van der Waals surface area contributed by atoms with Gasteiger partial charge in [0.1, 0.15) is 4.88 Å². The van der Waals surface area contributed by atoms with Gasteiger partial charge in [0.05, 0.1) is 9.95 Å². The minimum atomic E-state index is -0.431. The van der Waals surface area contributed by atoms with Crippen LogP contribution in [0.4, 0.5) is 5.69 Å². The molecule has 0 saturated heterocycles. The highest BCUT2D eigenvalue weighted by molar-refractivity contribution is 7.21. The van der Waals surface area contributed by atoms with E-state index in [1.807, 2.05) is 31.2 Å². The normalized spacial score (nSPS) is 12.1. The molecule has 1 aromatic heterocycles. The Morgan fingerprint density at radius 2 is 1.92 bits per heavy atom.